The van der Waals surface area contributed by atoms with Crippen molar-refractivity contribution in [2.24, 2.45) is 11.8 Å². The second-order valence-electron chi connectivity index (χ2n) is 12.8. The highest BCUT2D eigenvalue weighted by Crippen LogP contribution is 2.48. The molecule has 224 valence electrons. The predicted molar refractivity (Wildman–Crippen MR) is 162 cm³/mol. The lowest BCUT2D eigenvalue weighted by molar-refractivity contribution is -0.145. The third kappa shape index (κ3) is 6.31. The highest BCUT2D eigenvalue weighted by Gasteiger charge is 2.39. The third-order valence-corrected chi connectivity index (χ3v) is 9.05. The maximum atomic E-state index is 15.1. The molecule has 1 aromatic heterocycles. The number of rotatable bonds is 9. The van der Waals surface area contributed by atoms with Gasteiger partial charge in [0.1, 0.15) is 17.7 Å². The fourth-order valence-electron chi connectivity index (χ4n) is 6.02. The number of aryl methyl sites for hydroxylation is 1. The van der Waals surface area contributed by atoms with Crippen molar-refractivity contribution in [1.82, 2.24) is 9.88 Å². The molecule has 1 saturated carbocycles. The molecule has 0 radical (unpaired) electrons. The van der Waals surface area contributed by atoms with Gasteiger partial charge in [0.05, 0.1) is 26.3 Å². The van der Waals surface area contributed by atoms with Crippen molar-refractivity contribution in [3.63, 3.8) is 0 Å². The van der Waals surface area contributed by atoms with Gasteiger partial charge in [-0.3, -0.25) is 9.69 Å². The van der Waals surface area contributed by atoms with Gasteiger partial charge >= 0.3 is 5.97 Å². The van der Waals surface area contributed by atoms with Crippen LogP contribution in [0.1, 0.15) is 81.2 Å². The molecule has 1 aliphatic heterocycles. The molecule has 2 aromatic carbocycles. The molecule has 6 nitrogen and oxygen atoms in total. The predicted octanol–water partition coefficient (Wildman–Crippen LogP) is 7.50. The maximum Gasteiger partial charge on any atom is 0.309 e. The number of pyridine rings is 1. The van der Waals surface area contributed by atoms with Crippen LogP contribution in [0.2, 0.25) is 0 Å². The summed E-state index contributed by atoms with van der Waals surface area (Å²) in [6, 6.07) is 14.3. The summed E-state index contributed by atoms with van der Waals surface area (Å²) in [6.07, 6.45) is 5.10. The van der Waals surface area contributed by atoms with Crippen LogP contribution in [0.3, 0.4) is 0 Å². The van der Waals surface area contributed by atoms with Gasteiger partial charge in [0.15, 0.2) is 0 Å². The number of carbonyl (C=O) groups excluding carboxylic acids is 1. The van der Waals surface area contributed by atoms with Crippen molar-refractivity contribution in [3.8, 4) is 22.8 Å². The largest absolute Gasteiger partial charge is 0.485 e. The molecule has 3 atom stereocenters. The summed E-state index contributed by atoms with van der Waals surface area (Å²) in [7, 11) is 5.08. The maximum absolute atomic E-state index is 15.1. The van der Waals surface area contributed by atoms with Crippen molar-refractivity contribution in [2.75, 3.05) is 21.3 Å². The van der Waals surface area contributed by atoms with Gasteiger partial charge in [-0.05, 0) is 99.2 Å². The smallest absolute Gasteiger partial charge is 0.309 e. The fraction of sp³-hybridized carbons (Fsp3) is 0.486. The Morgan fingerprint density at radius 2 is 1.86 bits per heavy atom. The first-order valence-corrected chi connectivity index (χ1v) is 14.9. The van der Waals surface area contributed by atoms with Gasteiger partial charge in [-0.2, -0.15) is 0 Å². The molecular weight excluding hydrogens is 531 g/mol. The number of halogens is 1. The van der Waals surface area contributed by atoms with Crippen LogP contribution in [0.25, 0.3) is 11.1 Å². The van der Waals surface area contributed by atoms with Crippen molar-refractivity contribution in [1.29, 1.82) is 0 Å². The number of esters is 1. The molecule has 0 saturated heterocycles. The first-order valence-electron chi connectivity index (χ1n) is 14.9. The summed E-state index contributed by atoms with van der Waals surface area (Å²) in [6.45, 7) is 9.11. The number of nitrogens with zero attached hydrogens (tertiary/aromatic N) is 2. The van der Waals surface area contributed by atoms with Gasteiger partial charge in [-0.15, -0.1) is 0 Å². The van der Waals surface area contributed by atoms with Crippen LogP contribution in [0.15, 0.2) is 48.7 Å². The van der Waals surface area contributed by atoms with E-state index in [2.05, 4.69) is 62.0 Å². The normalized spacial score (nSPS) is 18.2. The third-order valence-electron chi connectivity index (χ3n) is 9.05. The lowest BCUT2D eigenvalue weighted by Crippen LogP contribution is -2.37. The van der Waals surface area contributed by atoms with Crippen molar-refractivity contribution < 1.29 is 23.4 Å². The van der Waals surface area contributed by atoms with E-state index in [1.54, 1.807) is 6.07 Å². The lowest BCUT2D eigenvalue weighted by atomic mass is 9.82. The van der Waals surface area contributed by atoms with Crippen LogP contribution in [0.4, 0.5) is 4.39 Å². The summed E-state index contributed by atoms with van der Waals surface area (Å²) in [5, 5.41) is 0. The molecule has 1 aliphatic carbocycles. The Labute approximate surface area is 249 Å². The van der Waals surface area contributed by atoms with E-state index >= 15 is 4.39 Å². The van der Waals surface area contributed by atoms with E-state index < -0.39 is 0 Å². The number of ether oxygens (including phenoxy) is 3. The molecule has 1 fully saturated rings. The standard InChI is InChI=1S/C35H43FN2O4/c1-21(34(39)41-7)33(23-9-10-23)25-11-8-22-13-15-30(42-31(22)17-25)24-12-14-27(26(16-24)20-38(5)35(2,3)4)28-18-32(40-6)37-19-29(28)36/h8,11-12,14,16-19,21,23,30,33H,9-10,13,15,20H2,1-7H3/t21?,30-,33?/m0/s1. The minimum Gasteiger partial charge on any atom is -0.485 e. The highest BCUT2D eigenvalue weighted by molar-refractivity contribution is 5.73. The van der Waals surface area contributed by atoms with Crippen LogP contribution in [-0.2, 0) is 22.5 Å². The molecule has 7 heteroatoms. The molecule has 0 N–H and O–H groups in total. The van der Waals surface area contributed by atoms with Crippen molar-refractivity contribution in [2.45, 2.75) is 77.5 Å². The Kier molecular flexibility index (Phi) is 8.61. The van der Waals surface area contributed by atoms with Gasteiger partial charge in [-0.1, -0.05) is 37.3 Å². The zero-order valence-corrected chi connectivity index (χ0v) is 25.9. The van der Waals surface area contributed by atoms with Crippen molar-refractivity contribution in [3.05, 3.63) is 76.7 Å². The van der Waals surface area contributed by atoms with Crippen LogP contribution in [-0.4, -0.2) is 42.7 Å². The molecule has 2 heterocycles. The Balaban J connectivity index is 1.48. The zero-order valence-electron chi connectivity index (χ0n) is 25.9. The molecule has 0 spiro atoms. The molecule has 42 heavy (non-hydrogen) atoms. The Morgan fingerprint density at radius 1 is 1.10 bits per heavy atom. The second-order valence-corrected chi connectivity index (χ2v) is 12.8. The lowest BCUT2D eigenvalue weighted by Gasteiger charge is -2.33. The minimum absolute atomic E-state index is 0.0716. The van der Waals surface area contributed by atoms with Gasteiger partial charge < -0.3 is 14.2 Å². The van der Waals surface area contributed by atoms with Crippen LogP contribution in [0, 0.1) is 17.7 Å². The minimum atomic E-state index is -0.384. The van der Waals surface area contributed by atoms with E-state index in [0.29, 0.717) is 23.9 Å². The number of hydrogen-bond acceptors (Lipinski definition) is 6. The van der Waals surface area contributed by atoms with E-state index in [-0.39, 0.29) is 35.3 Å². The fourth-order valence-corrected chi connectivity index (χ4v) is 6.02. The number of carbonyl (C=O) groups is 1. The molecule has 2 unspecified atom stereocenters. The highest BCUT2D eigenvalue weighted by atomic mass is 19.1. The monoisotopic (exact) mass is 574 g/mol. The van der Waals surface area contributed by atoms with Crippen LogP contribution in [0.5, 0.6) is 11.6 Å². The molecule has 3 aromatic rings. The molecular formula is C35H43FN2O4. The first-order chi connectivity index (χ1) is 20.0. The quantitative estimate of drug-likeness (QED) is 0.247. The molecule has 0 bridgehead atoms. The van der Waals surface area contributed by atoms with Crippen LogP contribution < -0.4 is 9.47 Å². The number of aromatic nitrogens is 1. The van der Waals surface area contributed by atoms with E-state index in [9.17, 15) is 4.79 Å². The van der Waals surface area contributed by atoms with Gasteiger partial charge in [-0.25, -0.2) is 9.37 Å². The van der Waals surface area contributed by atoms with E-state index in [4.69, 9.17) is 14.2 Å². The molecule has 0 amide bonds. The number of fused-ring (bicyclic) bond motifs is 1. The molecule has 2 aliphatic rings. The van der Waals surface area contributed by atoms with Gasteiger partial charge in [0, 0.05) is 23.7 Å². The number of benzene rings is 2. The topological polar surface area (TPSA) is 60.9 Å². The Hall–Kier alpha value is -3.45. The van der Waals surface area contributed by atoms with Gasteiger partial charge in [0.2, 0.25) is 5.88 Å². The zero-order chi connectivity index (χ0) is 30.2. The SMILES string of the molecule is COC(=O)C(C)C(c1ccc2c(c1)O[C@H](c1ccc(-c3cc(OC)ncc3F)c(CN(C)C(C)(C)C)c1)CC2)C1CC1. The summed E-state index contributed by atoms with van der Waals surface area (Å²) in [5.41, 5.74) is 5.62. The summed E-state index contributed by atoms with van der Waals surface area (Å²) >= 11 is 0. The Bertz CT molecular complexity index is 1450. The summed E-state index contributed by atoms with van der Waals surface area (Å²) in [5.74, 6) is 1.12. The average molecular weight is 575 g/mol. The number of hydrogen-bond donors (Lipinski definition) is 0. The van der Waals surface area contributed by atoms with E-state index in [1.165, 1.54) is 26.0 Å². The summed E-state index contributed by atoms with van der Waals surface area (Å²) in [4.78, 5) is 18.7. The molecule has 5 rings (SSSR count). The van der Waals surface area contributed by atoms with Gasteiger partial charge in [0.25, 0.3) is 0 Å². The number of methoxy groups -OCH3 is 2. The van der Waals surface area contributed by atoms with E-state index in [1.807, 2.05) is 19.1 Å². The Morgan fingerprint density at radius 3 is 2.52 bits per heavy atom. The van der Waals surface area contributed by atoms with Crippen molar-refractivity contribution >= 4 is 5.97 Å². The second kappa shape index (κ2) is 12.0. The first kappa shape index (κ1) is 30.0. The average Bonchev–Trinajstić information content (AvgIpc) is 3.81. The van der Waals surface area contributed by atoms with Crippen LogP contribution >= 0.6 is 0 Å². The summed E-state index contributed by atoms with van der Waals surface area (Å²) < 4.78 is 32.1. The van der Waals surface area contributed by atoms with E-state index in [0.717, 1.165) is 53.7 Å².